The van der Waals surface area contributed by atoms with Crippen molar-refractivity contribution in [1.82, 2.24) is 10.2 Å². The first-order chi connectivity index (χ1) is 6.70. The van der Waals surface area contributed by atoms with Crippen molar-refractivity contribution < 1.29 is 4.79 Å². The molecule has 1 N–H and O–H groups in total. The monoisotopic (exact) mass is 196 g/mol. The third kappa shape index (κ3) is 1.65. The number of rotatable bonds is 2. The summed E-state index contributed by atoms with van der Waals surface area (Å²) in [5, 5.41) is 3.31. The van der Waals surface area contributed by atoms with E-state index >= 15 is 0 Å². The lowest BCUT2D eigenvalue weighted by atomic mass is 10.0. The van der Waals surface area contributed by atoms with E-state index in [-0.39, 0.29) is 6.04 Å². The Bertz CT molecular complexity index is 221. The molecule has 0 aromatic carbocycles. The number of nitrogens with one attached hydrogen (secondary N) is 1. The number of amides is 1. The minimum atomic E-state index is 0.0654. The molecular weight excluding hydrogens is 176 g/mol. The van der Waals surface area contributed by atoms with Crippen molar-refractivity contribution in [2.75, 3.05) is 6.67 Å². The normalized spacial score (nSPS) is 29.5. The molecule has 2 fully saturated rings. The summed E-state index contributed by atoms with van der Waals surface area (Å²) in [5.74, 6) is 0.737. The van der Waals surface area contributed by atoms with Gasteiger partial charge in [0.1, 0.15) is 0 Å². The summed E-state index contributed by atoms with van der Waals surface area (Å²) in [5.41, 5.74) is 0. The summed E-state index contributed by atoms with van der Waals surface area (Å²) in [7, 11) is 0. The lowest BCUT2D eigenvalue weighted by Crippen LogP contribution is -2.38. The first-order valence-electron chi connectivity index (χ1n) is 5.74. The zero-order valence-electron chi connectivity index (χ0n) is 9.12. The van der Waals surface area contributed by atoms with Crippen LogP contribution in [0.4, 0.5) is 0 Å². The van der Waals surface area contributed by atoms with Crippen LogP contribution in [-0.4, -0.2) is 29.6 Å². The van der Waals surface area contributed by atoms with Gasteiger partial charge >= 0.3 is 0 Å². The van der Waals surface area contributed by atoms with Gasteiger partial charge in [-0.15, -0.1) is 0 Å². The van der Waals surface area contributed by atoms with Gasteiger partial charge in [-0.25, -0.2) is 0 Å². The highest BCUT2D eigenvalue weighted by molar-refractivity contribution is 5.84. The second kappa shape index (κ2) is 3.89. The van der Waals surface area contributed by atoms with Gasteiger partial charge in [0.2, 0.25) is 5.91 Å². The van der Waals surface area contributed by atoms with Gasteiger partial charge in [-0.3, -0.25) is 10.1 Å². The van der Waals surface area contributed by atoms with Crippen LogP contribution in [0.1, 0.15) is 39.5 Å². The molecule has 2 rings (SSSR count). The molecule has 1 atom stereocenters. The number of hydrogen-bond donors (Lipinski definition) is 1. The quantitative estimate of drug-likeness (QED) is 0.723. The average Bonchev–Trinajstić information content (AvgIpc) is 2.71. The molecule has 1 unspecified atom stereocenters. The Kier molecular flexibility index (Phi) is 2.77. The molecule has 3 nitrogen and oxygen atoms in total. The summed E-state index contributed by atoms with van der Waals surface area (Å²) < 4.78 is 0. The van der Waals surface area contributed by atoms with Crippen LogP contribution in [0.5, 0.6) is 0 Å². The lowest BCUT2D eigenvalue weighted by Gasteiger charge is -2.23. The van der Waals surface area contributed by atoms with E-state index in [1.807, 2.05) is 0 Å². The molecule has 1 heterocycles. The van der Waals surface area contributed by atoms with Crippen molar-refractivity contribution in [2.24, 2.45) is 5.92 Å². The molecule has 0 aromatic rings. The Morgan fingerprint density at radius 3 is 2.50 bits per heavy atom. The highest BCUT2D eigenvalue weighted by Gasteiger charge is 2.37. The Hall–Kier alpha value is -0.570. The maximum atomic E-state index is 12.0. The van der Waals surface area contributed by atoms with E-state index in [4.69, 9.17) is 0 Å². The Morgan fingerprint density at radius 2 is 2.00 bits per heavy atom. The summed E-state index contributed by atoms with van der Waals surface area (Å²) in [6, 6.07) is 0.592. The molecule has 2 aliphatic rings. The van der Waals surface area contributed by atoms with Crippen LogP contribution in [-0.2, 0) is 4.79 Å². The van der Waals surface area contributed by atoms with Gasteiger partial charge in [-0.2, -0.15) is 0 Å². The van der Waals surface area contributed by atoms with Crippen molar-refractivity contribution in [2.45, 2.75) is 51.6 Å². The number of carbonyl (C=O) groups is 1. The smallest absolute Gasteiger partial charge is 0.241 e. The van der Waals surface area contributed by atoms with Crippen molar-refractivity contribution >= 4 is 5.91 Å². The van der Waals surface area contributed by atoms with Crippen LogP contribution in [0.25, 0.3) is 0 Å². The largest absolute Gasteiger partial charge is 0.326 e. The van der Waals surface area contributed by atoms with E-state index < -0.39 is 0 Å². The second-order valence-electron chi connectivity index (χ2n) is 4.83. The third-order valence-corrected chi connectivity index (χ3v) is 3.46. The lowest BCUT2D eigenvalue weighted by molar-refractivity contribution is -0.131. The van der Waals surface area contributed by atoms with Gasteiger partial charge in [0, 0.05) is 6.04 Å². The highest BCUT2D eigenvalue weighted by atomic mass is 16.2. The molecule has 80 valence electrons. The first kappa shape index (κ1) is 9.97. The minimum Gasteiger partial charge on any atom is -0.326 e. The van der Waals surface area contributed by atoms with Gasteiger partial charge in [0.25, 0.3) is 0 Å². The molecule has 1 amide bonds. The Balaban J connectivity index is 1.99. The van der Waals surface area contributed by atoms with E-state index in [9.17, 15) is 4.79 Å². The van der Waals surface area contributed by atoms with Gasteiger partial charge in [-0.1, -0.05) is 26.7 Å². The van der Waals surface area contributed by atoms with E-state index in [2.05, 4.69) is 24.1 Å². The van der Waals surface area contributed by atoms with Crippen LogP contribution < -0.4 is 5.32 Å². The number of hydrogen-bond acceptors (Lipinski definition) is 2. The number of carbonyl (C=O) groups excluding carboxylic acids is 1. The predicted octanol–water partition coefficient (Wildman–Crippen LogP) is 1.34. The molecule has 1 saturated heterocycles. The van der Waals surface area contributed by atoms with Gasteiger partial charge in [0.05, 0.1) is 12.7 Å². The van der Waals surface area contributed by atoms with Gasteiger partial charge < -0.3 is 4.90 Å². The molecule has 0 radical (unpaired) electrons. The average molecular weight is 196 g/mol. The van der Waals surface area contributed by atoms with E-state index in [1.54, 1.807) is 0 Å². The van der Waals surface area contributed by atoms with Gasteiger partial charge in [-0.05, 0) is 18.8 Å². The third-order valence-electron chi connectivity index (χ3n) is 3.46. The first-order valence-corrected chi connectivity index (χ1v) is 5.74. The van der Waals surface area contributed by atoms with Gasteiger partial charge in [0.15, 0.2) is 0 Å². The van der Waals surface area contributed by atoms with E-state index in [0.717, 1.165) is 6.67 Å². The predicted molar refractivity (Wildman–Crippen MR) is 55.7 cm³/mol. The van der Waals surface area contributed by atoms with Crippen LogP contribution in [0.2, 0.25) is 0 Å². The molecule has 1 aliphatic carbocycles. The molecule has 1 saturated carbocycles. The summed E-state index contributed by atoms with van der Waals surface area (Å²) in [4.78, 5) is 14.1. The van der Waals surface area contributed by atoms with Crippen molar-refractivity contribution in [3.8, 4) is 0 Å². The molecule has 3 heteroatoms. The molecule has 14 heavy (non-hydrogen) atoms. The maximum absolute atomic E-state index is 12.0. The second-order valence-corrected chi connectivity index (χ2v) is 4.83. The van der Waals surface area contributed by atoms with Crippen molar-refractivity contribution in [1.29, 1.82) is 0 Å². The Morgan fingerprint density at radius 1 is 1.36 bits per heavy atom. The van der Waals surface area contributed by atoms with Crippen molar-refractivity contribution in [3.63, 3.8) is 0 Å². The minimum absolute atomic E-state index is 0.0654. The molecule has 1 aliphatic heterocycles. The fourth-order valence-corrected chi connectivity index (χ4v) is 2.59. The fourth-order valence-electron chi connectivity index (χ4n) is 2.59. The van der Waals surface area contributed by atoms with Crippen LogP contribution in [0.15, 0.2) is 0 Å². The number of nitrogens with zero attached hydrogens (tertiary/aromatic N) is 1. The van der Waals surface area contributed by atoms with Crippen LogP contribution in [0, 0.1) is 5.92 Å². The standard InChI is InChI=1S/C11H20N2O/c1-8(2)10-11(14)13(7-12-10)9-5-3-4-6-9/h8-10,12H,3-7H2,1-2H3. The van der Waals surface area contributed by atoms with Crippen LogP contribution in [0.3, 0.4) is 0 Å². The van der Waals surface area contributed by atoms with Crippen LogP contribution >= 0.6 is 0 Å². The van der Waals surface area contributed by atoms with Crippen molar-refractivity contribution in [3.05, 3.63) is 0 Å². The zero-order chi connectivity index (χ0) is 10.1. The molecule has 0 aromatic heterocycles. The fraction of sp³-hybridized carbons (Fsp3) is 0.909. The molecule has 0 bridgehead atoms. The SMILES string of the molecule is CC(C)C1NCN(C2CCCC2)C1=O. The summed E-state index contributed by atoms with van der Waals surface area (Å²) in [6.07, 6.45) is 5.00. The Labute approximate surface area is 85.8 Å². The zero-order valence-corrected chi connectivity index (χ0v) is 9.12. The summed E-state index contributed by atoms with van der Waals surface area (Å²) in [6.45, 7) is 4.98. The van der Waals surface area contributed by atoms with E-state index in [0.29, 0.717) is 17.9 Å². The summed E-state index contributed by atoms with van der Waals surface area (Å²) >= 11 is 0. The molecule has 0 spiro atoms. The topological polar surface area (TPSA) is 32.3 Å². The maximum Gasteiger partial charge on any atom is 0.241 e. The highest BCUT2D eigenvalue weighted by Crippen LogP contribution is 2.26. The van der Waals surface area contributed by atoms with E-state index in [1.165, 1.54) is 25.7 Å². The molecular formula is C11H20N2O.